The molecule has 7 nitrogen and oxygen atoms in total. The maximum Gasteiger partial charge on any atom is 1.00 e. The molecule has 9 heteroatoms. The van der Waals surface area contributed by atoms with E-state index in [1.807, 2.05) is 13.8 Å². The van der Waals surface area contributed by atoms with Gasteiger partial charge in [0.05, 0.1) is 23.5 Å². The van der Waals surface area contributed by atoms with Crippen molar-refractivity contribution in [3.8, 4) is 0 Å². The van der Waals surface area contributed by atoms with Gasteiger partial charge in [-0.1, -0.05) is 26.0 Å². The van der Waals surface area contributed by atoms with Crippen LogP contribution in [0.15, 0.2) is 23.8 Å². The molecule has 6 atom stereocenters. The molecule has 2 fully saturated rings. The number of aliphatic hydroxyl groups is 2. The molecule has 0 amide bonds. The molecule has 0 radical (unpaired) electrons. The number of rotatable bonds is 5. The first-order valence-corrected chi connectivity index (χ1v) is 11.2. The fourth-order valence-electron chi connectivity index (χ4n) is 5.89. The van der Waals surface area contributed by atoms with Gasteiger partial charge in [-0.25, -0.2) is 13.2 Å². The Labute approximate surface area is 194 Å². The number of hydrogen-bond acceptors (Lipinski definition) is 7. The van der Waals surface area contributed by atoms with Crippen LogP contribution >= 0.6 is 0 Å². The Hall–Kier alpha value is -0.220. The molecule has 0 spiro atoms. The zero-order valence-corrected chi connectivity index (χ0v) is 20.2. The van der Waals surface area contributed by atoms with E-state index in [1.54, 1.807) is 0 Å². The molecular formula is C20H29NaO7S. The van der Waals surface area contributed by atoms with Crippen LogP contribution in [0.25, 0.3) is 0 Å². The molecule has 2 saturated carbocycles. The Balaban J connectivity index is 0.00000300. The van der Waals surface area contributed by atoms with Gasteiger partial charge in [0.25, 0.3) is 0 Å². The molecule has 29 heavy (non-hydrogen) atoms. The summed E-state index contributed by atoms with van der Waals surface area (Å²) in [6.45, 7) is 7.84. The SMILES string of the molecule is C=C1CCC2[C@](C)(CO)[C@H](O)CC[C@@]2(C)[C@@H]1CC(C1=CCOC1=O)S(=O)(=O)[O-].[Na+]. The quantitative estimate of drug-likeness (QED) is 0.233. The van der Waals surface area contributed by atoms with Crippen molar-refractivity contribution in [2.24, 2.45) is 22.7 Å². The fourth-order valence-corrected chi connectivity index (χ4v) is 6.82. The second-order valence-electron chi connectivity index (χ2n) is 9.00. The summed E-state index contributed by atoms with van der Waals surface area (Å²) >= 11 is 0. The van der Waals surface area contributed by atoms with Crippen LogP contribution in [0.3, 0.4) is 0 Å². The van der Waals surface area contributed by atoms with Crippen LogP contribution in [0.1, 0.15) is 46.0 Å². The maximum absolute atomic E-state index is 12.0. The van der Waals surface area contributed by atoms with E-state index in [2.05, 4.69) is 6.58 Å². The number of carbonyl (C=O) groups excluding carboxylic acids is 1. The van der Waals surface area contributed by atoms with Gasteiger partial charge in [-0.2, -0.15) is 0 Å². The summed E-state index contributed by atoms with van der Waals surface area (Å²) in [5.41, 5.74) is -0.369. The standard InChI is InChI=1S/C20H30O7S.Na/c1-12-4-5-16-19(2,8-6-17(22)20(16,3)11-21)14(12)10-15(28(24,25)26)13-7-9-27-18(13)23;/h7,14-17,21-22H,1,4-6,8-11H2,2-3H3,(H,24,25,26);/q;+1/p-1/t14-,15?,16?,17-,19+,20+;/m1./s1. The first-order valence-electron chi connectivity index (χ1n) is 9.73. The number of aliphatic hydroxyl groups excluding tert-OH is 2. The van der Waals surface area contributed by atoms with E-state index in [4.69, 9.17) is 4.74 Å². The molecule has 3 rings (SSSR count). The van der Waals surface area contributed by atoms with Gasteiger partial charge >= 0.3 is 35.5 Å². The Kier molecular flexibility index (Phi) is 7.54. The second-order valence-corrected chi connectivity index (χ2v) is 10.6. The van der Waals surface area contributed by atoms with E-state index < -0.39 is 38.3 Å². The van der Waals surface area contributed by atoms with Crippen LogP contribution in [-0.2, 0) is 19.6 Å². The molecule has 2 unspecified atom stereocenters. The van der Waals surface area contributed by atoms with Gasteiger partial charge in [0.2, 0.25) is 0 Å². The Morgan fingerprint density at radius 3 is 2.55 bits per heavy atom. The normalized spacial score (nSPS) is 38.5. The summed E-state index contributed by atoms with van der Waals surface area (Å²) in [7, 11) is -4.77. The molecule has 3 aliphatic rings. The first kappa shape index (κ1) is 25.0. The van der Waals surface area contributed by atoms with Crippen LogP contribution < -0.4 is 29.6 Å². The van der Waals surface area contributed by atoms with E-state index in [0.29, 0.717) is 19.3 Å². The third-order valence-corrected chi connectivity index (χ3v) is 8.74. The van der Waals surface area contributed by atoms with Crippen molar-refractivity contribution >= 4 is 16.1 Å². The molecule has 2 N–H and O–H groups in total. The summed E-state index contributed by atoms with van der Waals surface area (Å²) in [5.74, 6) is -1.12. The molecule has 0 aromatic heterocycles. The van der Waals surface area contributed by atoms with Crippen LogP contribution in [0, 0.1) is 22.7 Å². The predicted molar refractivity (Wildman–Crippen MR) is 101 cm³/mol. The fraction of sp³-hybridized carbons (Fsp3) is 0.750. The van der Waals surface area contributed by atoms with Crippen molar-refractivity contribution in [2.45, 2.75) is 57.3 Å². The zero-order valence-electron chi connectivity index (χ0n) is 17.4. The van der Waals surface area contributed by atoms with Gasteiger partial charge in [0.1, 0.15) is 16.7 Å². The third-order valence-electron chi connectivity index (χ3n) is 7.59. The number of ether oxygens (including phenoxy) is 1. The number of cyclic esters (lactones) is 1. The van der Waals surface area contributed by atoms with Crippen molar-refractivity contribution in [1.82, 2.24) is 0 Å². The number of hydrogen-bond donors (Lipinski definition) is 2. The van der Waals surface area contributed by atoms with Gasteiger partial charge in [-0.15, -0.1) is 0 Å². The molecule has 0 aromatic carbocycles. The minimum atomic E-state index is -4.77. The molecule has 2 aliphatic carbocycles. The van der Waals surface area contributed by atoms with Crippen LogP contribution in [0.4, 0.5) is 0 Å². The van der Waals surface area contributed by atoms with Crippen molar-refractivity contribution in [3.05, 3.63) is 23.8 Å². The van der Waals surface area contributed by atoms with Gasteiger partial charge in [0, 0.05) is 5.41 Å². The molecular weight excluding hydrogens is 407 g/mol. The van der Waals surface area contributed by atoms with E-state index in [0.717, 1.165) is 12.0 Å². The van der Waals surface area contributed by atoms with E-state index in [-0.39, 0.29) is 66.6 Å². The van der Waals surface area contributed by atoms with Crippen molar-refractivity contribution in [3.63, 3.8) is 0 Å². The Morgan fingerprint density at radius 2 is 2.03 bits per heavy atom. The summed E-state index contributed by atoms with van der Waals surface area (Å²) in [6, 6.07) is 0. The molecule has 1 heterocycles. The molecule has 1 aliphatic heterocycles. The van der Waals surface area contributed by atoms with Gasteiger partial charge in [-0.05, 0) is 55.4 Å². The molecule has 0 aromatic rings. The van der Waals surface area contributed by atoms with Crippen molar-refractivity contribution in [2.75, 3.05) is 13.2 Å². The Morgan fingerprint density at radius 1 is 1.38 bits per heavy atom. The summed E-state index contributed by atoms with van der Waals surface area (Å²) in [6.07, 6.45) is 3.17. The smallest absolute Gasteiger partial charge is 0.747 e. The summed E-state index contributed by atoms with van der Waals surface area (Å²) in [5, 5.41) is 19.1. The second kappa shape index (κ2) is 8.73. The van der Waals surface area contributed by atoms with Crippen LogP contribution in [0.2, 0.25) is 0 Å². The third kappa shape index (κ3) is 4.27. The minimum absolute atomic E-state index is 0. The molecule has 158 valence electrons. The number of allylic oxidation sites excluding steroid dienone is 1. The Bertz CT molecular complexity index is 808. The van der Waals surface area contributed by atoms with Crippen molar-refractivity contribution < 1.29 is 62.3 Å². The van der Waals surface area contributed by atoms with Gasteiger partial charge in [0.15, 0.2) is 0 Å². The van der Waals surface area contributed by atoms with E-state index >= 15 is 0 Å². The summed E-state index contributed by atoms with van der Waals surface area (Å²) < 4.78 is 40.9. The number of fused-ring (bicyclic) bond motifs is 1. The number of carbonyl (C=O) groups is 1. The van der Waals surface area contributed by atoms with E-state index in [9.17, 15) is 28.0 Å². The molecule has 0 saturated heterocycles. The average Bonchev–Trinajstić information content (AvgIpc) is 3.02. The van der Waals surface area contributed by atoms with Crippen LogP contribution in [0.5, 0.6) is 0 Å². The topological polar surface area (TPSA) is 124 Å². The van der Waals surface area contributed by atoms with Crippen LogP contribution in [-0.4, -0.2) is 53.7 Å². The average molecular weight is 437 g/mol. The monoisotopic (exact) mass is 436 g/mol. The van der Waals surface area contributed by atoms with E-state index in [1.165, 1.54) is 6.08 Å². The van der Waals surface area contributed by atoms with Gasteiger partial charge < -0.3 is 19.5 Å². The maximum atomic E-state index is 12.0. The zero-order chi connectivity index (χ0) is 20.9. The van der Waals surface area contributed by atoms with Crippen molar-refractivity contribution in [1.29, 1.82) is 0 Å². The first-order chi connectivity index (χ1) is 12.9. The predicted octanol–water partition coefficient (Wildman–Crippen LogP) is -1.48. The number of esters is 1. The summed E-state index contributed by atoms with van der Waals surface area (Å²) in [4.78, 5) is 12.0. The molecule has 0 bridgehead atoms. The largest absolute Gasteiger partial charge is 1.00 e. The van der Waals surface area contributed by atoms with Gasteiger partial charge in [-0.3, -0.25) is 0 Å². The minimum Gasteiger partial charge on any atom is -0.747 e.